The molecule has 4 N–H and O–H groups in total. The Labute approximate surface area is 205 Å². The van der Waals surface area contributed by atoms with E-state index in [1.54, 1.807) is 43.5 Å². The van der Waals surface area contributed by atoms with E-state index in [1.807, 2.05) is 19.1 Å². The van der Waals surface area contributed by atoms with Crippen LogP contribution in [-0.2, 0) is 4.79 Å². The van der Waals surface area contributed by atoms with E-state index < -0.39 is 12.2 Å². The maximum absolute atomic E-state index is 13.5. The molecule has 2 aromatic carbocycles. The van der Waals surface area contributed by atoms with Gasteiger partial charge in [-0.05, 0) is 56.9 Å². The number of benzene rings is 2. The Morgan fingerprint density at radius 1 is 0.971 bits per heavy atom. The lowest BCUT2D eigenvalue weighted by Gasteiger charge is -2.32. The molecular formula is C26H33N5O4. The van der Waals surface area contributed by atoms with Crippen molar-refractivity contribution in [3.05, 3.63) is 59.7 Å². The minimum atomic E-state index is -1.05. The molecule has 1 heterocycles. The number of anilines is 1. The zero-order valence-corrected chi connectivity index (χ0v) is 20.2. The third kappa shape index (κ3) is 5.74. The fourth-order valence-electron chi connectivity index (χ4n) is 4.63. The lowest BCUT2D eigenvalue weighted by molar-refractivity contribution is -0.128. The molecule has 9 nitrogen and oxygen atoms in total. The van der Waals surface area contributed by atoms with E-state index in [0.29, 0.717) is 17.0 Å². The number of carbonyl (C=O) groups is 3. The van der Waals surface area contributed by atoms with Crippen LogP contribution >= 0.6 is 0 Å². The summed E-state index contributed by atoms with van der Waals surface area (Å²) in [5.74, 6) is -0.0399. The normalized spacial score (nSPS) is 22.0. The molecule has 0 bridgehead atoms. The number of aryl methyl sites for hydroxylation is 1. The summed E-state index contributed by atoms with van der Waals surface area (Å²) in [5.41, 5.74) is 8.06. The Kier molecular flexibility index (Phi) is 7.55. The molecule has 1 saturated heterocycles. The largest absolute Gasteiger partial charge is 0.497 e. The number of urea groups is 1. The second kappa shape index (κ2) is 10.8. The van der Waals surface area contributed by atoms with Gasteiger partial charge in [-0.25, -0.2) is 4.79 Å². The van der Waals surface area contributed by atoms with Crippen LogP contribution in [0.5, 0.6) is 5.75 Å². The van der Waals surface area contributed by atoms with Gasteiger partial charge in [0.05, 0.1) is 7.11 Å². The molecule has 35 heavy (non-hydrogen) atoms. The van der Waals surface area contributed by atoms with E-state index >= 15 is 0 Å². The second-order valence-electron chi connectivity index (χ2n) is 9.21. The molecule has 1 aliphatic carbocycles. The minimum Gasteiger partial charge on any atom is -0.497 e. The molecule has 4 amide bonds. The van der Waals surface area contributed by atoms with Crippen LogP contribution in [0.15, 0.2) is 48.5 Å². The van der Waals surface area contributed by atoms with Crippen molar-refractivity contribution in [3.8, 4) is 5.75 Å². The van der Waals surface area contributed by atoms with Gasteiger partial charge in [-0.3, -0.25) is 14.5 Å². The molecule has 0 aromatic heterocycles. The van der Waals surface area contributed by atoms with Crippen LogP contribution in [0, 0.1) is 6.92 Å². The molecule has 2 aromatic rings. The molecule has 186 valence electrons. The van der Waals surface area contributed by atoms with Gasteiger partial charge in [0.15, 0.2) is 6.17 Å². The van der Waals surface area contributed by atoms with Crippen LogP contribution in [-0.4, -0.2) is 66.1 Å². The first kappa shape index (κ1) is 24.5. The molecule has 0 radical (unpaired) electrons. The van der Waals surface area contributed by atoms with Gasteiger partial charge in [0.1, 0.15) is 5.75 Å². The van der Waals surface area contributed by atoms with Crippen molar-refractivity contribution >= 4 is 23.5 Å². The Hall–Kier alpha value is -3.59. The van der Waals surface area contributed by atoms with Crippen molar-refractivity contribution in [1.82, 2.24) is 15.1 Å². The number of methoxy groups -OCH3 is 1. The predicted octanol–water partition coefficient (Wildman–Crippen LogP) is 2.71. The summed E-state index contributed by atoms with van der Waals surface area (Å²) in [4.78, 5) is 43.0. The quantitative estimate of drug-likeness (QED) is 0.610. The van der Waals surface area contributed by atoms with E-state index in [1.165, 1.54) is 9.80 Å². The van der Waals surface area contributed by atoms with Crippen LogP contribution in [0.4, 0.5) is 10.5 Å². The zero-order valence-electron chi connectivity index (χ0n) is 20.2. The van der Waals surface area contributed by atoms with Crippen molar-refractivity contribution in [1.29, 1.82) is 0 Å². The number of carbonyl (C=O) groups excluding carboxylic acids is 3. The first-order valence-corrected chi connectivity index (χ1v) is 12.0. The van der Waals surface area contributed by atoms with Gasteiger partial charge in [-0.2, -0.15) is 0 Å². The fraction of sp³-hybridized carbons (Fsp3) is 0.423. The molecule has 9 heteroatoms. The third-order valence-corrected chi connectivity index (χ3v) is 6.67. The minimum absolute atomic E-state index is 0.0254. The fourth-order valence-corrected chi connectivity index (χ4v) is 4.63. The first-order valence-electron chi connectivity index (χ1n) is 12.0. The summed E-state index contributed by atoms with van der Waals surface area (Å²) in [6, 6.07) is 13.9. The topological polar surface area (TPSA) is 117 Å². The lowest BCUT2D eigenvalue weighted by atomic mass is 9.92. The van der Waals surface area contributed by atoms with Crippen LogP contribution in [0.3, 0.4) is 0 Å². The van der Waals surface area contributed by atoms with Crippen molar-refractivity contribution in [3.63, 3.8) is 0 Å². The number of nitrogens with zero attached hydrogens (tertiary/aromatic N) is 2. The second-order valence-corrected chi connectivity index (χ2v) is 9.21. The first-order chi connectivity index (χ1) is 16.9. The highest BCUT2D eigenvalue weighted by atomic mass is 16.5. The van der Waals surface area contributed by atoms with Gasteiger partial charge in [-0.15, -0.1) is 0 Å². The molecular weight excluding hydrogens is 446 g/mol. The maximum Gasteiger partial charge on any atom is 0.323 e. The van der Waals surface area contributed by atoms with Crippen LogP contribution in [0.1, 0.15) is 41.6 Å². The van der Waals surface area contributed by atoms with E-state index in [2.05, 4.69) is 10.6 Å². The maximum atomic E-state index is 13.5. The van der Waals surface area contributed by atoms with Crippen molar-refractivity contribution in [2.75, 3.05) is 25.5 Å². The summed E-state index contributed by atoms with van der Waals surface area (Å²) in [5, 5.41) is 5.90. The lowest BCUT2D eigenvalue weighted by Crippen LogP contribution is -2.56. The van der Waals surface area contributed by atoms with Crippen LogP contribution < -0.4 is 21.1 Å². The number of nitrogens with two attached hydrogens (primary N) is 1. The summed E-state index contributed by atoms with van der Waals surface area (Å²) >= 11 is 0. The molecule has 1 unspecified atom stereocenters. The third-order valence-electron chi connectivity index (χ3n) is 6.67. The highest BCUT2D eigenvalue weighted by Gasteiger charge is 2.43. The Morgan fingerprint density at radius 2 is 1.66 bits per heavy atom. The monoisotopic (exact) mass is 479 g/mol. The molecule has 2 fully saturated rings. The number of nitrogens with one attached hydrogen (secondary N) is 2. The molecule has 1 aliphatic heterocycles. The Morgan fingerprint density at radius 3 is 2.34 bits per heavy atom. The number of hydrogen-bond donors (Lipinski definition) is 3. The van der Waals surface area contributed by atoms with Gasteiger partial charge in [0.25, 0.3) is 11.8 Å². The van der Waals surface area contributed by atoms with Crippen LogP contribution in [0.25, 0.3) is 0 Å². The zero-order chi connectivity index (χ0) is 24.9. The molecule has 4 rings (SSSR count). The standard InChI is InChI=1S/C26H33N5O4/c1-17-6-8-18(9-7-17)25(33)30-14-15-31(26(34)29-21-4-3-5-22(16-21)35-2)24(30)23(32)28-20-12-10-19(27)11-13-20/h3-9,16,19-20,24H,10-15,27H2,1-2H3,(H,28,32)(H,29,34). The predicted molar refractivity (Wildman–Crippen MR) is 133 cm³/mol. The smallest absolute Gasteiger partial charge is 0.323 e. The SMILES string of the molecule is COc1cccc(NC(=O)N2CCN(C(=O)c3ccc(C)cc3)C2C(=O)NC2CCC(N)CC2)c1. The van der Waals surface area contributed by atoms with E-state index in [9.17, 15) is 14.4 Å². The molecule has 2 aliphatic rings. The van der Waals surface area contributed by atoms with Crippen molar-refractivity contribution in [2.45, 2.75) is 50.9 Å². The summed E-state index contributed by atoms with van der Waals surface area (Å²) in [7, 11) is 1.55. The number of rotatable bonds is 5. The van der Waals surface area contributed by atoms with E-state index in [0.717, 1.165) is 31.2 Å². The van der Waals surface area contributed by atoms with Crippen LogP contribution in [0.2, 0.25) is 0 Å². The summed E-state index contributed by atoms with van der Waals surface area (Å²) in [6.07, 6.45) is 2.18. The van der Waals surface area contributed by atoms with Gasteiger partial charge < -0.3 is 26.0 Å². The average Bonchev–Trinajstić information content (AvgIpc) is 3.31. The van der Waals surface area contributed by atoms with Gasteiger partial charge in [0, 0.05) is 42.5 Å². The Bertz CT molecular complexity index is 1070. The van der Waals surface area contributed by atoms with E-state index in [-0.39, 0.29) is 37.0 Å². The van der Waals surface area contributed by atoms with Crippen molar-refractivity contribution < 1.29 is 19.1 Å². The van der Waals surface area contributed by atoms with Crippen molar-refractivity contribution in [2.24, 2.45) is 5.73 Å². The van der Waals surface area contributed by atoms with E-state index in [4.69, 9.17) is 10.5 Å². The molecule has 0 spiro atoms. The Balaban J connectivity index is 1.55. The molecule has 1 saturated carbocycles. The highest BCUT2D eigenvalue weighted by Crippen LogP contribution is 2.23. The highest BCUT2D eigenvalue weighted by molar-refractivity contribution is 6.00. The van der Waals surface area contributed by atoms with Gasteiger partial charge >= 0.3 is 6.03 Å². The number of ether oxygens (including phenoxy) is 1. The average molecular weight is 480 g/mol. The summed E-state index contributed by atoms with van der Waals surface area (Å²) < 4.78 is 5.23. The number of amides is 4. The number of hydrogen-bond acceptors (Lipinski definition) is 5. The van der Waals surface area contributed by atoms with Gasteiger partial charge in [-0.1, -0.05) is 23.8 Å². The van der Waals surface area contributed by atoms with Gasteiger partial charge in [0.2, 0.25) is 0 Å². The molecule has 1 atom stereocenters. The summed E-state index contributed by atoms with van der Waals surface area (Å²) in [6.45, 7) is 2.44.